The fourth-order valence-electron chi connectivity index (χ4n) is 3.67. The van der Waals surface area contributed by atoms with Gasteiger partial charge in [0.2, 0.25) is 5.91 Å². The highest BCUT2D eigenvalue weighted by Crippen LogP contribution is 2.33. The summed E-state index contributed by atoms with van der Waals surface area (Å²) in [5.41, 5.74) is -0.402. The SMILES string of the molecule is CCN1CC2(CCN(C(=O)COCC3CCCCO3)CC2)OC1=O. The van der Waals surface area contributed by atoms with Gasteiger partial charge in [-0.3, -0.25) is 4.79 Å². The van der Waals surface area contributed by atoms with Crippen LogP contribution in [-0.2, 0) is 19.0 Å². The van der Waals surface area contributed by atoms with Gasteiger partial charge >= 0.3 is 6.09 Å². The number of nitrogens with zero attached hydrogens (tertiary/aromatic N) is 2. The lowest BCUT2D eigenvalue weighted by molar-refractivity contribution is -0.141. The van der Waals surface area contributed by atoms with Gasteiger partial charge in [-0.2, -0.15) is 0 Å². The zero-order valence-corrected chi connectivity index (χ0v) is 14.5. The predicted molar refractivity (Wildman–Crippen MR) is 86.7 cm³/mol. The lowest BCUT2D eigenvalue weighted by Crippen LogP contribution is -2.49. The van der Waals surface area contributed by atoms with Crippen LogP contribution in [0.3, 0.4) is 0 Å². The molecule has 1 atom stereocenters. The maximum Gasteiger partial charge on any atom is 0.410 e. The summed E-state index contributed by atoms with van der Waals surface area (Å²) in [4.78, 5) is 27.6. The van der Waals surface area contributed by atoms with E-state index < -0.39 is 5.60 Å². The molecule has 0 aromatic heterocycles. The van der Waals surface area contributed by atoms with Gasteiger partial charge in [-0.25, -0.2) is 4.79 Å². The van der Waals surface area contributed by atoms with Crippen LogP contribution in [0.2, 0.25) is 0 Å². The maximum absolute atomic E-state index is 12.3. The predicted octanol–water partition coefficient (Wildman–Crippen LogP) is 1.41. The van der Waals surface area contributed by atoms with Crippen LogP contribution < -0.4 is 0 Å². The van der Waals surface area contributed by atoms with Crippen LogP contribution in [0.15, 0.2) is 0 Å². The van der Waals surface area contributed by atoms with Gasteiger partial charge in [0.05, 0.1) is 19.3 Å². The van der Waals surface area contributed by atoms with E-state index in [4.69, 9.17) is 14.2 Å². The first-order valence-electron chi connectivity index (χ1n) is 9.07. The molecule has 3 aliphatic rings. The van der Waals surface area contributed by atoms with Crippen molar-refractivity contribution in [1.29, 1.82) is 0 Å². The third-order valence-electron chi connectivity index (χ3n) is 5.25. The minimum atomic E-state index is -0.402. The van der Waals surface area contributed by atoms with Gasteiger partial charge in [-0.1, -0.05) is 0 Å². The second-order valence-electron chi connectivity index (χ2n) is 6.95. The third kappa shape index (κ3) is 4.00. The molecule has 1 spiro atoms. The molecule has 0 aromatic carbocycles. The van der Waals surface area contributed by atoms with Crippen molar-refractivity contribution >= 4 is 12.0 Å². The van der Waals surface area contributed by atoms with Gasteiger partial charge in [0.1, 0.15) is 12.2 Å². The van der Waals surface area contributed by atoms with Crippen molar-refractivity contribution < 1.29 is 23.8 Å². The molecule has 3 saturated heterocycles. The van der Waals surface area contributed by atoms with Crippen molar-refractivity contribution in [3.63, 3.8) is 0 Å². The first-order chi connectivity index (χ1) is 11.6. The summed E-state index contributed by atoms with van der Waals surface area (Å²) in [5.74, 6) is 0.0114. The molecule has 0 aliphatic carbocycles. The molecule has 0 saturated carbocycles. The van der Waals surface area contributed by atoms with Crippen molar-refractivity contribution in [2.75, 3.05) is 46.0 Å². The standard InChI is InChI=1S/C17H28N2O5/c1-2-18-13-17(24-16(18)21)6-8-19(9-7-17)15(20)12-22-11-14-5-3-4-10-23-14/h14H,2-13H2,1H3. The molecule has 24 heavy (non-hydrogen) atoms. The molecule has 2 amide bonds. The summed E-state index contributed by atoms with van der Waals surface area (Å²) in [5, 5.41) is 0. The summed E-state index contributed by atoms with van der Waals surface area (Å²) in [6.07, 6.45) is 4.61. The van der Waals surface area contributed by atoms with Gasteiger partial charge in [0.15, 0.2) is 0 Å². The highest BCUT2D eigenvalue weighted by molar-refractivity contribution is 5.77. The highest BCUT2D eigenvalue weighted by Gasteiger charge is 2.46. The highest BCUT2D eigenvalue weighted by atomic mass is 16.6. The Morgan fingerprint density at radius 3 is 2.75 bits per heavy atom. The topological polar surface area (TPSA) is 68.3 Å². The number of ether oxygens (including phenoxy) is 3. The normalized spacial score (nSPS) is 26.7. The number of carbonyl (C=O) groups excluding carboxylic acids is 2. The second-order valence-corrected chi connectivity index (χ2v) is 6.95. The molecule has 0 radical (unpaired) electrons. The van der Waals surface area contributed by atoms with E-state index in [0.29, 0.717) is 45.6 Å². The molecule has 1 unspecified atom stereocenters. The van der Waals surface area contributed by atoms with E-state index >= 15 is 0 Å². The summed E-state index contributed by atoms with van der Waals surface area (Å²) in [6.45, 7) is 5.89. The van der Waals surface area contributed by atoms with E-state index in [1.54, 1.807) is 4.90 Å². The Labute approximate surface area is 143 Å². The second kappa shape index (κ2) is 7.70. The van der Waals surface area contributed by atoms with Crippen LogP contribution in [0.5, 0.6) is 0 Å². The first-order valence-corrected chi connectivity index (χ1v) is 9.07. The Kier molecular flexibility index (Phi) is 5.61. The van der Waals surface area contributed by atoms with Gasteiger partial charge in [0, 0.05) is 39.1 Å². The molecule has 3 heterocycles. The van der Waals surface area contributed by atoms with Crippen LogP contribution >= 0.6 is 0 Å². The van der Waals surface area contributed by atoms with Crippen LogP contribution in [0.4, 0.5) is 4.79 Å². The molecule has 7 nitrogen and oxygen atoms in total. The monoisotopic (exact) mass is 340 g/mol. The van der Waals surface area contributed by atoms with Crippen molar-refractivity contribution in [3.8, 4) is 0 Å². The van der Waals surface area contributed by atoms with Crippen molar-refractivity contribution in [2.45, 2.75) is 50.7 Å². The molecule has 0 aromatic rings. The maximum atomic E-state index is 12.3. The molecule has 136 valence electrons. The van der Waals surface area contributed by atoms with Crippen molar-refractivity contribution in [3.05, 3.63) is 0 Å². The molecule has 0 bridgehead atoms. The molecular formula is C17H28N2O5. The first kappa shape index (κ1) is 17.5. The Hall–Kier alpha value is -1.34. The smallest absolute Gasteiger partial charge is 0.410 e. The van der Waals surface area contributed by atoms with Crippen LogP contribution in [-0.4, -0.2) is 79.5 Å². The summed E-state index contributed by atoms with van der Waals surface area (Å²) in [6, 6.07) is 0. The summed E-state index contributed by atoms with van der Waals surface area (Å²) < 4.78 is 16.7. The van der Waals surface area contributed by atoms with E-state index in [-0.39, 0.29) is 24.7 Å². The number of hydrogen-bond donors (Lipinski definition) is 0. The van der Waals surface area contributed by atoms with E-state index in [9.17, 15) is 9.59 Å². The largest absolute Gasteiger partial charge is 0.441 e. The van der Waals surface area contributed by atoms with Crippen molar-refractivity contribution in [1.82, 2.24) is 9.80 Å². The van der Waals surface area contributed by atoms with Gasteiger partial charge < -0.3 is 24.0 Å². The summed E-state index contributed by atoms with van der Waals surface area (Å²) >= 11 is 0. The van der Waals surface area contributed by atoms with Crippen LogP contribution in [0.25, 0.3) is 0 Å². The number of rotatable bonds is 5. The fourth-order valence-corrected chi connectivity index (χ4v) is 3.67. The minimum Gasteiger partial charge on any atom is -0.441 e. The average molecular weight is 340 g/mol. The summed E-state index contributed by atoms with van der Waals surface area (Å²) in [7, 11) is 0. The van der Waals surface area contributed by atoms with E-state index in [0.717, 1.165) is 19.4 Å². The Morgan fingerprint density at radius 1 is 1.33 bits per heavy atom. The zero-order chi connectivity index (χ0) is 17.0. The minimum absolute atomic E-state index is 0.0114. The quantitative estimate of drug-likeness (QED) is 0.757. The Balaban J connectivity index is 1.38. The van der Waals surface area contributed by atoms with Gasteiger partial charge in [-0.05, 0) is 26.2 Å². The number of likely N-dealkylation sites (N-methyl/N-ethyl adjacent to an activating group) is 1. The number of carbonyl (C=O) groups is 2. The lowest BCUT2D eigenvalue weighted by Gasteiger charge is -2.37. The number of amides is 2. The number of likely N-dealkylation sites (tertiary alicyclic amines) is 1. The van der Waals surface area contributed by atoms with E-state index in [1.165, 1.54) is 6.42 Å². The zero-order valence-electron chi connectivity index (χ0n) is 14.5. The molecular weight excluding hydrogens is 312 g/mol. The van der Waals surface area contributed by atoms with Crippen LogP contribution in [0.1, 0.15) is 39.0 Å². The third-order valence-corrected chi connectivity index (χ3v) is 5.25. The molecule has 0 N–H and O–H groups in total. The molecule has 7 heteroatoms. The average Bonchev–Trinajstić information content (AvgIpc) is 2.91. The van der Waals surface area contributed by atoms with E-state index in [2.05, 4.69) is 0 Å². The fraction of sp³-hybridized carbons (Fsp3) is 0.882. The van der Waals surface area contributed by atoms with Gasteiger partial charge in [0.25, 0.3) is 0 Å². The lowest BCUT2D eigenvalue weighted by atomic mass is 9.91. The number of piperidine rings is 1. The van der Waals surface area contributed by atoms with Crippen molar-refractivity contribution in [2.24, 2.45) is 0 Å². The Morgan fingerprint density at radius 2 is 2.12 bits per heavy atom. The molecule has 3 rings (SSSR count). The van der Waals surface area contributed by atoms with Crippen LogP contribution in [0, 0.1) is 0 Å². The van der Waals surface area contributed by atoms with E-state index in [1.807, 2.05) is 11.8 Å². The molecule has 3 fully saturated rings. The molecule has 3 aliphatic heterocycles. The Bertz CT molecular complexity index is 456. The number of hydrogen-bond acceptors (Lipinski definition) is 5. The van der Waals surface area contributed by atoms with Gasteiger partial charge in [-0.15, -0.1) is 0 Å².